The molecule has 0 saturated heterocycles. The number of nitrogens with zero attached hydrogens (tertiary/aromatic N) is 3. The van der Waals surface area contributed by atoms with Crippen LogP contribution in [0.25, 0.3) is 11.3 Å². The van der Waals surface area contributed by atoms with E-state index in [2.05, 4.69) is 25.6 Å². The van der Waals surface area contributed by atoms with Gasteiger partial charge in [0.1, 0.15) is 5.69 Å². The molecule has 6 nitrogen and oxygen atoms in total. The Morgan fingerprint density at radius 2 is 2.25 bits per heavy atom. The first kappa shape index (κ1) is 6.71. The number of aromatic nitrogens is 5. The lowest BCUT2D eigenvalue weighted by molar-refractivity contribution is 0.938. The van der Waals surface area contributed by atoms with Crippen LogP contribution in [0.4, 0.5) is 0 Å². The van der Waals surface area contributed by atoms with E-state index in [-0.39, 0.29) is 5.56 Å². The average Bonchev–Trinajstić information content (AvgIpc) is 2.57. The largest absolute Gasteiger partial charge is 0.273 e. The maximum absolute atomic E-state index is 11.1. The van der Waals surface area contributed by atoms with E-state index in [0.29, 0.717) is 11.3 Å². The summed E-state index contributed by atoms with van der Waals surface area (Å²) in [5, 5.41) is 15.6. The van der Waals surface area contributed by atoms with Crippen LogP contribution in [0.5, 0.6) is 0 Å². The molecule has 2 aromatic heterocycles. The topological polar surface area (TPSA) is 87.3 Å². The Labute approximate surface area is 66.6 Å². The molecule has 60 valence electrons. The van der Waals surface area contributed by atoms with Crippen molar-refractivity contribution in [3.05, 3.63) is 28.8 Å². The van der Waals surface area contributed by atoms with Crippen molar-refractivity contribution in [2.75, 3.05) is 0 Å². The fraction of sp³-hybridized carbons (Fsp3) is 0. The number of hydrogen-bond acceptors (Lipinski definition) is 4. The third kappa shape index (κ3) is 0.986. The molecule has 2 rings (SSSR count). The summed E-state index contributed by atoms with van der Waals surface area (Å²) in [5.74, 6) is 0. The van der Waals surface area contributed by atoms with Crippen molar-refractivity contribution in [3.63, 3.8) is 0 Å². The van der Waals surface area contributed by atoms with Gasteiger partial charge < -0.3 is 0 Å². The van der Waals surface area contributed by atoms with E-state index in [1.165, 1.54) is 12.4 Å². The molecular formula is C6H5N5O. The van der Waals surface area contributed by atoms with Crippen molar-refractivity contribution < 1.29 is 0 Å². The van der Waals surface area contributed by atoms with Gasteiger partial charge in [-0.25, -0.2) is 5.10 Å². The summed E-state index contributed by atoms with van der Waals surface area (Å²) in [6.07, 6.45) is 2.97. The van der Waals surface area contributed by atoms with Crippen LogP contribution in [0.1, 0.15) is 0 Å². The Hall–Kier alpha value is -1.98. The predicted octanol–water partition coefficient (Wildman–Crippen LogP) is -0.445. The van der Waals surface area contributed by atoms with Crippen molar-refractivity contribution in [2.45, 2.75) is 0 Å². The molecule has 6 heteroatoms. The molecule has 0 aromatic carbocycles. The number of rotatable bonds is 1. The molecule has 0 bridgehead atoms. The zero-order valence-electron chi connectivity index (χ0n) is 5.98. The third-order valence-electron chi connectivity index (χ3n) is 1.42. The highest BCUT2D eigenvalue weighted by molar-refractivity contribution is 5.54. The normalized spacial score (nSPS) is 10.0. The molecule has 0 fully saturated rings. The van der Waals surface area contributed by atoms with Crippen LogP contribution in [0, 0.1) is 0 Å². The standard InChI is InChI=1S/C6H5N5O/c12-6-4(1-2-7-10-6)5-3-8-11-9-5/h1-3H,(H,10,12)(H,8,9,11). The quantitative estimate of drug-likeness (QED) is 0.596. The van der Waals surface area contributed by atoms with Gasteiger partial charge in [0.15, 0.2) is 0 Å². The highest BCUT2D eigenvalue weighted by atomic mass is 16.1. The fourth-order valence-corrected chi connectivity index (χ4v) is 0.877. The monoisotopic (exact) mass is 163 g/mol. The Kier molecular flexibility index (Phi) is 1.44. The van der Waals surface area contributed by atoms with Gasteiger partial charge in [-0.1, -0.05) is 0 Å². The van der Waals surface area contributed by atoms with Crippen LogP contribution in [0.15, 0.2) is 23.3 Å². The maximum Gasteiger partial charge on any atom is 0.273 e. The minimum atomic E-state index is -0.272. The Balaban J connectivity index is 2.63. The van der Waals surface area contributed by atoms with Crippen molar-refractivity contribution in [1.82, 2.24) is 25.6 Å². The molecule has 0 unspecified atom stereocenters. The van der Waals surface area contributed by atoms with Gasteiger partial charge in [-0.15, -0.1) is 0 Å². The summed E-state index contributed by atoms with van der Waals surface area (Å²) in [6.45, 7) is 0. The van der Waals surface area contributed by atoms with Gasteiger partial charge in [-0.2, -0.15) is 20.5 Å². The second-order valence-corrected chi connectivity index (χ2v) is 2.15. The van der Waals surface area contributed by atoms with Crippen molar-refractivity contribution in [1.29, 1.82) is 0 Å². The molecule has 0 spiro atoms. The van der Waals surface area contributed by atoms with Crippen molar-refractivity contribution >= 4 is 0 Å². The fourth-order valence-electron chi connectivity index (χ4n) is 0.877. The molecule has 2 aromatic rings. The van der Waals surface area contributed by atoms with Gasteiger partial charge in [0, 0.05) is 6.20 Å². The van der Waals surface area contributed by atoms with Crippen LogP contribution in [0.3, 0.4) is 0 Å². The van der Waals surface area contributed by atoms with E-state index in [1.807, 2.05) is 0 Å². The van der Waals surface area contributed by atoms with Gasteiger partial charge in [-0.3, -0.25) is 4.79 Å². The molecule has 0 aliphatic carbocycles. The van der Waals surface area contributed by atoms with E-state index < -0.39 is 0 Å². The highest BCUT2D eigenvalue weighted by Gasteiger charge is 2.03. The van der Waals surface area contributed by atoms with Gasteiger partial charge >= 0.3 is 0 Å². The summed E-state index contributed by atoms with van der Waals surface area (Å²) in [4.78, 5) is 11.1. The summed E-state index contributed by atoms with van der Waals surface area (Å²) >= 11 is 0. The zero-order chi connectivity index (χ0) is 8.39. The molecule has 2 heterocycles. The van der Waals surface area contributed by atoms with E-state index in [9.17, 15) is 4.79 Å². The molecule has 0 aliphatic rings. The number of nitrogens with one attached hydrogen (secondary N) is 2. The van der Waals surface area contributed by atoms with Crippen LogP contribution < -0.4 is 5.56 Å². The van der Waals surface area contributed by atoms with Crippen LogP contribution >= 0.6 is 0 Å². The molecule has 0 saturated carbocycles. The summed E-state index contributed by atoms with van der Waals surface area (Å²) in [6, 6.07) is 1.58. The molecule has 0 aliphatic heterocycles. The van der Waals surface area contributed by atoms with Gasteiger partial charge in [0.25, 0.3) is 5.56 Å². The Morgan fingerprint density at radius 1 is 1.33 bits per heavy atom. The van der Waals surface area contributed by atoms with Gasteiger partial charge in [0.2, 0.25) is 0 Å². The average molecular weight is 163 g/mol. The third-order valence-corrected chi connectivity index (χ3v) is 1.42. The summed E-state index contributed by atoms with van der Waals surface area (Å²) < 4.78 is 0. The molecule has 0 atom stereocenters. The number of hydrogen-bond donors (Lipinski definition) is 2. The molecular weight excluding hydrogens is 158 g/mol. The van der Waals surface area contributed by atoms with E-state index in [1.54, 1.807) is 6.07 Å². The Morgan fingerprint density at radius 3 is 2.92 bits per heavy atom. The highest BCUT2D eigenvalue weighted by Crippen LogP contribution is 2.06. The number of H-pyrrole nitrogens is 2. The van der Waals surface area contributed by atoms with Crippen molar-refractivity contribution in [3.8, 4) is 11.3 Å². The maximum atomic E-state index is 11.1. The Bertz CT molecular complexity index is 418. The second kappa shape index (κ2) is 2.57. The summed E-state index contributed by atoms with van der Waals surface area (Å²) in [7, 11) is 0. The second-order valence-electron chi connectivity index (χ2n) is 2.15. The lowest BCUT2D eigenvalue weighted by Crippen LogP contribution is -2.09. The van der Waals surface area contributed by atoms with Crippen LogP contribution in [-0.2, 0) is 0 Å². The molecule has 0 amide bonds. The minimum Gasteiger partial charge on any atom is -0.267 e. The van der Waals surface area contributed by atoms with E-state index in [0.717, 1.165) is 0 Å². The van der Waals surface area contributed by atoms with Crippen LogP contribution in [0.2, 0.25) is 0 Å². The smallest absolute Gasteiger partial charge is 0.267 e. The molecule has 2 N–H and O–H groups in total. The van der Waals surface area contributed by atoms with E-state index in [4.69, 9.17) is 0 Å². The summed E-state index contributed by atoms with van der Waals surface area (Å²) in [5.41, 5.74) is 0.698. The van der Waals surface area contributed by atoms with Crippen molar-refractivity contribution in [2.24, 2.45) is 0 Å². The SMILES string of the molecule is O=c1[nH]nccc1-c1cn[nH]n1. The first-order valence-electron chi connectivity index (χ1n) is 3.28. The minimum absolute atomic E-state index is 0.272. The lowest BCUT2D eigenvalue weighted by atomic mass is 10.2. The molecule has 0 radical (unpaired) electrons. The molecule has 12 heavy (non-hydrogen) atoms. The van der Waals surface area contributed by atoms with Gasteiger partial charge in [-0.05, 0) is 6.07 Å². The lowest BCUT2D eigenvalue weighted by Gasteiger charge is -1.89. The number of aromatic amines is 2. The van der Waals surface area contributed by atoms with E-state index >= 15 is 0 Å². The first-order chi connectivity index (χ1) is 5.88. The van der Waals surface area contributed by atoms with Crippen LogP contribution in [-0.4, -0.2) is 25.6 Å². The predicted molar refractivity (Wildman–Crippen MR) is 40.2 cm³/mol. The zero-order valence-corrected chi connectivity index (χ0v) is 5.98. The first-order valence-corrected chi connectivity index (χ1v) is 3.28. The van der Waals surface area contributed by atoms with Gasteiger partial charge in [0.05, 0.1) is 11.8 Å².